The molecule has 0 radical (unpaired) electrons. The van der Waals surface area contributed by atoms with Crippen LogP contribution in [0.2, 0.25) is 10.0 Å². The van der Waals surface area contributed by atoms with E-state index in [0.717, 1.165) is 5.01 Å². The second-order valence-corrected chi connectivity index (χ2v) is 7.61. The van der Waals surface area contributed by atoms with E-state index < -0.39 is 5.91 Å². The molecule has 0 saturated heterocycles. The van der Waals surface area contributed by atoms with Gasteiger partial charge in [-0.15, -0.1) is 0 Å². The Morgan fingerprint density at radius 2 is 2.10 bits per heavy atom. The summed E-state index contributed by atoms with van der Waals surface area (Å²) in [5.41, 5.74) is 7.02. The van der Waals surface area contributed by atoms with Crippen LogP contribution in [0.25, 0.3) is 5.82 Å². The van der Waals surface area contributed by atoms with E-state index in [1.807, 2.05) is 0 Å². The van der Waals surface area contributed by atoms with Crippen LogP contribution in [-0.4, -0.2) is 21.9 Å². The quantitative estimate of drug-likeness (QED) is 0.208. The molecule has 0 saturated carbocycles. The molecule has 29 heavy (non-hydrogen) atoms. The van der Waals surface area contributed by atoms with Gasteiger partial charge in [-0.05, 0) is 51.8 Å². The smallest absolute Gasteiger partial charge is 0.272 e. The third kappa shape index (κ3) is 4.44. The number of hydrazine groups is 1. The van der Waals surface area contributed by atoms with Crippen molar-refractivity contribution >= 4 is 62.8 Å². The van der Waals surface area contributed by atoms with Gasteiger partial charge in [-0.1, -0.05) is 23.2 Å². The number of rotatable bonds is 6. The van der Waals surface area contributed by atoms with Gasteiger partial charge in [0.25, 0.3) is 5.91 Å². The molecule has 1 aromatic carbocycles. The second-order valence-electron chi connectivity index (χ2n) is 5.85. The van der Waals surface area contributed by atoms with Crippen molar-refractivity contribution in [1.29, 1.82) is 0 Å². The predicted molar refractivity (Wildman–Crippen MR) is 116 cm³/mol. The Morgan fingerprint density at radius 3 is 2.76 bits per heavy atom. The first kappa shape index (κ1) is 21.3. The summed E-state index contributed by atoms with van der Waals surface area (Å²) >= 11 is 15.7. The molecular formula is C18H15BrCl2N6O2. The minimum atomic E-state index is -0.491. The van der Waals surface area contributed by atoms with Crippen molar-refractivity contribution in [1.82, 2.24) is 9.55 Å². The van der Waals surface area contributed by atoms with Crippen molar-refractivity contribution in [2.45, 2.75) is 6.54 Å². The summed E-state index contributed by atoms with van der Waals surface area (Å²) in [4.78, 5) is 28.5. The van der Waals surface area contributed by atoms with Crippen LogP contribution in [0.4, 0.5) is 11.4 Å². The Labute approximate surface area is 184 Å². The van der Waals surface area contributed by atoms with Crippen LogP contribution < -0.4 is 21.9 Å². The summed E-state index contributed by atoms with van der Waals surface area (Å²) in [6, 6.07) is 8.00. The number of nitrogens with zero attached hydrogens (tertiary/aromatic N) is 3. The van der Waals surface area contributed by atoms with Gasteiger partial charge in [-0.25, -0.2) is 15.8 Å². The Balaban J connectivity index is 2.07. The highest BCUT2D eigenvalue weighted by Gasteiger charge is 2.21. The number of hydrogen-bond donors (Lipinski definition) is 3. The van der Waals surface area contributed by atoms with Crippen molar-refractivity contribution in [3.8, 4) is 5.82 Å². The van der Waals surface area contributed by atoms with E-state index >= 15 is 0 Å². The molecule has 0 aliphatic carbocycles. The molecule has 2 aromatic heterocycles. The maximum atomic E-state index is 13.1. The average molecular weight is 498 g/mol. The number of hydrogen-bond acceptors (Lipinski definition) is 5. The van der Waals surface area contributed by atoms with Gasteiger partial charge in [0.2, 0.25) is 6.41 Å². The van der Waals surface area contributed by atoms with Crippen molar-refractivity contribution < 1.29 is 9.59 Å². The maximum absolute atomic E-state index is 13.1. The molecule has 5 N–H and O–H groups in total. The Kier molecular flexibility index (Phi) is 6.56. The molecular weight excluding hydrogens is 483 g/mol. The number of nitrogens with one attached hydrogen (secondary N) is 1. The highest BCUT2D eigenvalue weighted by atomic mass is 79.9. The molecule has 0 aliphatic rings. The van der Waals surface area contributed by atoms with E-state index in [1.165, 1.54) is 6.07 Å². The normalized spacial score (nSPS) is 10.7. The van der Waals surface area contributed by atoms with Crippen LogP contribution in [0.1, 0.15) is 16.1 Å². The minimum Gasteiger partial charge on any atom is -0.326 e. The summed E-state index contributed by atoms with van der Waals surface area (Å²) in [5.74, 6) is 5.61. The molecule has 0 bridgehead atoms. The van der Waals surface area contributed by atoms with Gasteiger partial charge in [0.05, 0.1) is 16.4 Å². The molecule has 2 amide bonds. The third-order valence-corrected chi connectivity index (χ3v) is 4.95. The van der Waals surface area contributed by atoms with E-state index in [1.54, 1.807) is 41.2 Å². The van der Waals surface area contributed by atoms with Crippen LogP contribution in [0.15, 0.2) is 47.2 Å². The predicted octanol–water partition coefficient (Wildman–Crippen LogP) is 3.49. The lowest BCUT2D eigenvalue weighted by molar-refractivity contribution is -0.107. The van der Waals surface area contributed by atoms with E-state index in [9.17, 15) is 9.59 Å². The SMILES string of the molecule is NCc1cc(Cl)cc(N(N)C=O)c1NC(=O)c1cc(Br)cn1-c1ncccc1Cl. The van der Waals surface area contributed by atoms with E-state index in [0.29, 0.717) is 32.3 Å². The van der Waals surface area contributed by atoms with Crippen molar-refractivity contribution in [3.05, 3.63) is 68.5 Å². The zero-order chi connectivity index (χ0) is 21.1. The second kappa shape index (κ2) is 8.93. The molecule has 0 fully saturated rings. The number of halogens is 3. The highest BCUT2D eigenvalue weighted by molar-refractivity contribution is 9.10. The first-order valence-electron chi connectivity index (χ1n) is 8.17. The number of pyridine rings is 1. The summed E-state index contributed by atoms with van der Waals surface area (Å²) in [7, 11) is 0. The number of nitrogens with two attached hydrogens (primary N) is 2. The molecule has 11 heteroatoms. The first-order valence-corrected chi connectivity index (χ1v) is 9.72. The molecule has 0 atom stereocenters. The molecule has 3 rings (SSSR count). The lowest BCUT2D eigenvalue weighted by Crippen LogP contribution is -2.31. The Morgan fingerprint density at radius 1 is 1.34 bits per heavy atom. The average Bonchev–Trinajstić information content (AvgIpc) is 3.10. The molecule has 8 nitrogen and oxygen atoms in total. The van der Waals surface area contributed by atoms with Gasteiger partial charge in [0, 0.05) is 28.4 Å². The van der Waals surface area contributed by atoms with E-state index in [-0.39, 0.29) is 23.6 Å². The van der Waals surface area contributed by atoms with Crippen LogP contribution in [0, 0.1) is 0 Å². The van der Waals surface area contributed by atoms with Crippen LogP contribution in [0.5, 0.6) is 0 Å². The maximum Gasteiger partial charge on any atom is 0.272 e. The van der Waals surface area contributed by atoms with Crippen molar-refractivity contribution in [3.63, 3.8) is 0 Å². The highest BCUT2D eigenvalue weighted by Crippen LogP contribution is 2.33. The molecule has 0 unspecified atom stereocenters. The van der Waals surface area contributed by atoms with Gasteiger partial charge in [-0.2, -0.15) is 0 Å². The fourth-order valence-corrected chi connectivity index (χ4v) is 3.60. The number of carbonyl (C=O) groups excluding carboxylic acids is 2. The molecule has 0 aliphatic heterocycles. The summed E-state index contributed by atoms with van der Waals surface area (Å²) in [5, 5.41) is 4.26. The summed E-state index contributed by atoms with van der Waals surface area (Å²) in [6.07, 6.45) is 3.63. The van der Waals surface area contributed by atoms with Gasteiger partial charge >= 0.3 is 0 Å². The fraction of sp³-hybridized carbons (Fsp3) is 0.0556. The fourth-order valence-electron chi connectivity index (χ4n) is 2.73. The lowest BCUT2D eigenvalue weighted by atomic mass is 10.1. The van der Waals surface area contributed by atoms with Gasteiger partial charge < -0.3 is 11.1 Å². The Bertz CT molecular complexity index is 1090. The van der Waals surface area contributed by atoms with Gasteiger partial charge in [0.1, 0.15) is 5.69 Å². The first-order chi connectivity index (χ1) is 13.8. The molecule has 150 valence electrons. The van der Waals surface area contributed by atoms with Crippen LogP contribution in [-0.2, 0) is 11.3 Å². The standard InChI is InChI=1S/C18H15BrCl2N6O2/c19-11-5-15(26(8-11)17-13(21)2-1-3-24-17)18(29)25-16-10(7-22)4-12(20)6-14(16)27(23)9-28/h1-6,8-9H,7,22-23H2,(H,25,29). The largest absolute Gasteiger partial charge is 0.326 e. The van der Waals surface area contributed by atoms with Crippen molar-refractivity contribution in [2.75, 3.05) is 10.3 Å². The number of benzene rings is 1. The summed E-state index contributed by atoms with van der Waals surface area (Å²) in [6.45, 7) is 0.0621. The van der Waals surface area contributed by atoms with E-state index in [2.05, 4.69) is 26.2 Å². The minimum absolute atomic E-state index is 0.0621. The van der Waals surface area contributed by atoms with Crippen LogP contribution >= 0.6 is 39.1 Å². The third-order valence-electron chi connectivity index (χ3n) is 4.00. The topological polar surface area (TPSA) is 119 Å². The van der Waals surface area contributed by atoms with Crippen LogP contribution in [0.3, 0.4) is 0 Å². The number of aromatic nitrogens is 2. The number of amides is 2. The monoisotopic (exact) mass is 496 g/mol. The molecule has 3 aromatic rings. The summed E-state index contributed by atoms with van der Waals surface area (Å²) < 4.78 is 2.19. The zero-order valence-corrected chi connectivity index (χ0v) is 17.9. The zero-order valence-electron chi connectivity index (χ0n) is 14.8. The number of carbonyl (C=O) groups is 2. The molecule has 2 heterocycles. The number of anilines is 2. The van der Waals surface area contributed by atoms with Gasteiger partial charge in [-0.3, -0.25) is 14.2 Å². The van der Waals surface area contributed by atoms with E-state index in [4.69, 9.17) is 34.8 Å². The van der Waals surface area contributed by atoms with Gasteiger partial charge in [0.15, 0.2) is 5.82 Å². The molecule has 0 spiro atoms. The Hall–Kier alpha value is -2.43. The lowest BCUT2D eigenvalue weighted by Gasteiger charge is -2.20. The van der Waals surface area contributed by atoms with Crippen molar-refractivity contribution in [2.24, 2.45) is 11.6 Å².